The monoisotopic (exact) mass is 347 g/mol. The van der Waals surface area contributed by atoms with Crippen molar-refractivity contribution >= 4 is 5.96 Å². The molecule has 0 bridgehead atoms. The molecule has 1 aromatic rings. The average Bonchev–Trinajstić information content (AvgIpc) is 2.65. The minimum absolute atomic E-state index is 0.557. The third-order valence-corrected chi connectivity index (χ3v) is 4.37. The molecule has 0 aliphatic heterocycles. The fraction of sp³-hybridized carbons (Fsp3) is 0.650. The van der Waals surface area contributed by atoms with Gasteiger partial charge in [0.25, 0.3) is 0 Å². The van der Waals surface area contributed by atoms with E-state index in [2.05, 4.69) is 29.7 Å². The van der Waals surface area contributed by atoms with Crippen molar-refractivity contribution in [2.45, 2.75) is 58.0 Å². The highest BCUT2D eigenvalue weighted by atomic mass is 16.5. The summed E-state index contributed by atoms with van der Waals surface area (Å²) < 4.78 is 10.8. The van der Waals surface area contributed by atoms with E-state index in [1.165, 1.54) is 32.1 Å². The summed E-state index contributed by atoms with van der Waals surface area (Å²) in [5.41, 5.74) is 1.16. The lowest BCUT2D eigenvalue weighted by molar-refractivity contribution is 0.172. The van der Waals surface area contributed by atoms with Gasteiger partial charge in [-0.25, -0.2) is 4.99 Å². The number of hydrogen-bond donors (Lipinski definition) is 2. The second-order valence-corrected chi connectivity index (χ2v) is 6.52. The molecule has 140 valence electrons. The van der Waals surface area contributed by atoms with E-state index in [1.54, 1.807) is 7.11 Å². The predicted octanol–water partition coefficient (Wildman–Crippen LogP) is 3.49. The Morgan fingerprint density at radius 2 is 2.04 bits per heavy atom. The van der Waals surface area contributed by atoms with Crippen LogP contribution in [-0.2, 0) is 11.3 Å². The molecule has 5 nitrogen and oxygen atoms in total. The zero-order chi connectivity index (χ0) is 17.7. The number of nitrogens with one attached hydrogen (secondary N) is 2. The predicted molar refractivity (Wildman–Crippen MR) is 103 cm³/mol. The molecule has 2 N–H and O–H groups in total. The van der Waals surface area contributed by atoms with E-state index in [9.17, 15) is 0 Å². The van der Waals surface area contributed by atoms with Crippen molar-refractivity contribution in [1.29, 1.82) is 0 Å². The van der Waals surface area contributed by atoms with Crippen LogP contribution in [-0.4, -0.2) is 38.9 Å². The summed E-state index contributed by atoms with van der Waals surface area (Å²) in [5.74, 6) is 1.81. The SMILES string of the molecule is CCNC(=NCc1cccc(OCCCOC)c1)NC1CCCCC1. The molecule has 25 heavy (non-hydrogen) atoms. The molecular weight excluding hydrogens is 314 g/mol. The normalized spacial score (nSPS) is 15.8. The summed E-state index contributed by atoms with van der Waals surface area (Å²) in [5, 5.41) is 6.94. The van der Waals surface area contributed by atoms with Gasteiger partial charge in [0, 0.05) is 32.7 Å². The van der Waals surface area contributed by atoms with Crippen molar-refractivity contribution in [3.8, 4) is 5.75 Å². The molecule has 1 fully saturated rings. The van der Waals surface area contributed by atoms with E-state index in [4.69, 9.17) is 14.5 Å². The van der Waals surface area contributed by atoms with E-state index >= 15 is 0 Å². The molecule has 0 spiro atoms. The van der Waals surface area contributed by atoms with E-state index in [-0.39, 0.29) is 0 Å². The van der Waals surface area contributed by atoms with Crippen molar-refractivity contribution in [1.82, 2.24) is 10.6 Å². The fourth-order valence-corrected chi connectivity index (χ4v) is 3.06. The van der Waals surface area contributed by atoms with Gasteiger partial charge in [0.2, 0.25) is 0 Å². The van der Waals surface area contributed by atoms with Crippen LogP contribution in [0.4, 0.5) is 0 Å². The summed E-state index contributed by atoms with van der Waals surface area (Å²) in [6, 6.07) is 8.74. The van der Waals surface area contributed by atoms with E-state index in [0.717, 1.165) is 36.8 Å². The van der Waals surface area contributed by atoms with Crippen molar-refractivity contribution < 1.29 is 9.47 Å². The molecule has 5 heteroatoms. The molecule has 1 saturated carbocycles. The zero-order valence-electron chi connectivity index (χ0n) is 15.7. The van der Waals surface area contributed by atoms with E-state index in [1.807, 2.05) is 12.1 Å². The van der Waals surface area contributed by atoms with Crippen LogP contribution in [0.3, 0.4) is 0 Å². The quantitative estimate of drug-likeness (QED) is 0.408. The average molecular weight is 348 g/mol. The molecule has 1 aliphatic rings. The summed E-state index contributed by atoms with van der Waals surface area (Å²) in [6.45, 7) is 5.03. The highest BCUT2D eigenvalue weighted by molar-refractivity contribution is 5.80. The van der Waals surface area contributed by atoms with Gasteiger partial charge in [0.15, 0.2) is 5.96 Å². The largest absolute Gasteiger partial charge is 0.493 e. The van der Waals surface area contributed by atoms with Gasteiger partial charge in [0.05, 0.1) is 13.2 Å². The minimum atomic E-state index is 0.557. The minimum Gasteiger partial charge on any atom is -0.493 e. The van der Waals surface area contributed by atoms with Crippen molar-refractivity contribution in [2.75, 3.05) is 26.9 Å². The Morgan fingerprint density at radius 1 is 1.20 bits per heavy atom. The van der Waals surface area contributed by atoms with Crippen LogP contribution in [0, 0.1) is 0 Å². The number of ether oxygens (including phenoxy) is 2. The molecule has 0 radical (unpaired) electrons. The smallest absolute Gasteiger partial charge is 0.191 e. The molecular formula is C20H33N3O2. The number of benzene rings is 1. The lowest BCUT2D eigenvalue weighted by Gasteiger charge is -2.24. The van der Waals surface area contributed by atoms with E-state index in [0.29, 0.717) is 19.2 Å². The summed E-state index contributed by atoms with van der Waals surface area (Å²) in [4.78, 5) is 4.75. The Morgan fingerprint density at radius 3 is 2.80 bits per heavy atom. The first-order valence-corrected chi connectivity index (χ1v) is 9.57. The van der Waals surface area contributed by atoms with Gasteiger partial charge in [-0.05, 0) is 37.5 Å². The Labute approximate surface area is 152 Å². The van der Waals surface area contributed by atoms with Gasteiger partial charge in [-0.3, -0.25) is 0 Å². The summed E-state index contributed by atoms with van der Waals surface area (Å²) in [7, 11) is 1.71. The number of rotatable bonds is 9. The maximum absolute atomic E-state index is 5.76. The second kappa shape index (κ2) is 11.7. The van der Waals surface area contributed by atoms with Crippen LogP contribution in [0.25, 0.3) is 0 Å². The fourth-order valence-electron chi connectivity index (χ4n) is 3.06. The van der Waals surface area contributed by atoms with Gasteiger partial charge < -0.3 is 20.1 Å². The van der Waals surface area contributed by atoms with Crippen LogP contribution in [0.15, 0.2) is 29.3 Å². The number of aliphatic imine (C=N–C) groups is 1. The summed E-state index contributed by atoms with van der Waals surface area (Å²) >= 11 is 0. The molecule has 0 aromatic heterocycles. The van der Waals surface area contributed by atoms with Gasteiger partial charge in [-0.2, -0.15) is 0 Å². The van der Waals surface area contributed by atoms with Gasteiger partial charge in [0.1, 0.15) is 5.75 Å². The third kappa shape index (κ3) is 7.78. The molecule has 1 aromatic carbocycles. The zero-order valence-corrected chi connectivity index (χ0v) is 15.7. The lowest BCUT2D eigenvalue weighted by atomic mass is 9.96. The van der Waals surface area contributed by atoms with Crippen LogP contribution in [0.2, 0.25) is 0 Å². The highest BCUT2D eigenvalue weighted by Gasteiger charge is 2.14. The highest BCUT2D eigenvalue weighted by Crippen LogP contribution is 2.17. The van der Waals surface area contributed by atoms with Crippen LogP contribution in [0.5, 0.6) is 5.75 Å². The molecule has 1 aliphatic carbocycles. The first kappa shape index (κ1) is 19.6. The standard InChI is InChI=1S/C20H33N3O2/c1-3-21-20(23-18-10-5-4-6-11-18)22-16-17-9-7-12-19(15-17)25-14-8-13-24-2/h7,9,12,15,18H,3-6,8,10-11,13-14,16H2,1-2H3,(H2,21,22,23). The maximum atomic E-state index is 5.76. The van der Waals surface area contributed by atoms with Crippen LogP contribution < -0.4 is 15.4 Å². The number of nitrogens with zero attached hydrogens (tertiary/aromatic N) is 1. The molecule has 0 unspecified atom stereocenters. The summed E-state index contributed by atoms with van der Waals surface area (Å²) in [6.07, 6.45) is 7.39. The first-order chi connectivity index (χ1) is 12.3. The van der Waals surface area contributed by atoms with Crippen molar-refractivity contribution in [3.63, 3.8) is 0 Å². The topological polar surface area (TPSA) is 54.9 Å². The molecule has 2 rings (SSSR count). The van der Waals surface area contributed by atoms with Crippen LogP contribution >= 0.6 is 0 Å². The Balaban J connectivity index is 1.87. The third-order valence-electron chi connectivity index (χ3n) is 4.37. The van der Waals surface area contributed by atoms with Crippen LogP contribution in [0.1, 0.15) is 51.0 Å². The number of methoxy groups -OCH3 is 1. The maximum Gasteiger partial charge on any atom is 0.191 e. The lowest BCUT2D eigenvalue weighted by Crippen LogP contribution is -2.44. The second-order valence-electron chi connectivity index (χ2n) is 6.52. The molecule has 0 atom stereocenters. The van der Waals surface area contributed by atoms with Crippen molar-refractivity contribution in [2.24, 2.45) is 4.99 Å². The van der Waals surface area contributed by atoms with Gasteiger partial charge in [-0.15, -0.1) is 0 Å². The Hall–Kier alpha value is -1.75. The molecule has 0 saturated heterocycles. The van der Waals surface area contributed by atoms with E-state index < -0.39 is 0 Å². The van der Waals surface area contributed by atoms with Gasteiger partial charge >= 0.3 is 0 Å². The number of hydrogen-bond acceptors (Lipinski definition) is 3. The van der Waals surface area contributed by atoms with Gasteiger partial charge in [-0.1, -0.05) is 31.4 Å². The Kier molecular flexibility index (Phi) is 9.19. The van der Waals surface area contributed by atoms with Crippen molar-refractivity contribution in [3.05, 3.63) is 29.8 Å². The molecule has 0 amide bonds. The number of guanidine groups is 1. The first-order valence-electron chi connectivity index (χ1n) is 9.57. The molecule has 0 heterocycles. The Bertz CT molecular complexity index is 513.